The molecular weight excluding hydrogens is 262 g/mol. The highest BCUT2D eigenvalue weighted by atomic mass is 35.5. The monoisotopic (exact) mass is 285 g/mol. The third-order valence-electron chi connectivity index (χ3n) is 2.63. The van der Waals surface area contributed by atoms with E-state index in [4.69, 9.17) is 26.8 Å². The van der Waals surface area contributed by atoms with Crippen LogP contribution in [0.25, 0.3) is 0 Å². The zero-order valence-electron chi connectivity index (χ0n) is 12.4. The van der Waals surface area contributed by atoms with Crippen molar-refractivity contribution in [3.8, 4) is 11.5 Å². The van der Waals surface area contributed by atoms with Gasteiger partial charge in [0.05, 0.1) is 12.2 Å². The SMILES string of the molecule is CCC(N)c1cc(OC(C)C)c(OC(C)C)cc1Cl. The molecule has 2 N–H and O–H groups in total. The Morgan fingerprint density at radius 2 is 1.53 bits per heavy atom. The third kappa shape index (κ3) is 4.59. The topological polar surface area (TPSA) is 44.5 Å². The molecule has 0 fully saturated rings. The first-order valence-corrected chi connectivity index (χ1v) is 7.15. The van der Waals surface area contributed by atoms with Gasteiger partial charge in [-0.25, -0.2) is 0 Å². The van der Waals surface area contributed by atoms with Crippen molar-refractivity contribution in [1.29, 1.82) is 0 Å². The van der Waals surface area contributed by atoms with Gasteiger partial charge in [0.15, 0.2) is 11.5 Å². The summed E-state index contributed by atoms with van der Waals surface area (Å²) in [5.41, 5.74) is 6.96. The van der Waals surface area contributed by atoms with E-state index in [1.165, 1.54) is 0 Å². The molecule has 19 heavy (non-hydrogen) atoms. The van der Waals surface area contributed by atoms with Gasteiger partial charge in [-0.3, -0.25) is 0 Å². The summed E-state index contributed by atoms with van der Waals surface area (Å²) in [5.74, 6) is 1.37. The number of hydrogen-bond acceptors (Lipinski definition) is 3. The van der Waals surface area contributed by atoms with Crippen LogP contribution in [0.4, 0.5) is 0 Å². The second-order valence-corrected chi connectivity index (χ2v) is 5.58. The number of hydrogen-bond donors (Lipinski definition) is 1. The van der Waals surface area contributed by atoms with Gasteiger partial charge < -0.3 is 15.2 Å². The van der Waals surface area contributed by atoms with Crippen LogP contribution in [0.3, 0.4) is 0 Å². The molecule has 1 atom stereocenters. The van der Waals surface area contributed by atoms with E-state index in [2.05, 4.69) is 0 Å². The van der Waals surface area contributed by atoms with Crippen LogP contribution in [0, 0.1) is 0 Å². The average molecular weight is 286 g/mol. The van der Waals surface area contributed by atoms with Gasteiger partial charge in [0.25, 0.3) is 0 Å². The van der Waals surface area contributed by atoms with Gasteiger partial charge in [0, 0.05) is 17.1 Å². The Hall–Kier alpha value is -0.930. The van der Waals surface area contributed by atoms with Crippen molar-refractivity contribution in [1.82, 2.24) is 0 Å². The standard InChI is InChI=1S/C15H24ClNO2/c1-6-13(17)11-7-14(18-9(2)3)15(8-12(11)16)19-10(4)5/h7-10,13H,6,17H2,1-5H3. The molecule has 0 radical (unpaired) electrons. The zero-order valence-corrected chi connectivity index (χ0v) is 13.1. The number of ether oxygens (including phenoxy) is 2. The normalized spacial score (nSPS) is 12.9. The number of halogens is 1. The molecule has 0 heterocycles. The fourth-order valence-electron chi connectivity index (χ4n) is 1.75. The fourth-order valence-corrected chi connectivity index (χ4v) is 2.04. The third-order valence-corrected chi connectivity index (χ3v) is 2.96. The van der Waals surface area contributed by atoms with E-state index >= 15 is 0 Å². The summed E-state index contributed by atoms with van der Waals surface area (Å²) in [5, 5.41) is 0.626. The summed E-state index contributed by atoms with van der Waals surface area (Å²) in [7, 11) is 0. The molecule has 1 aromatic rings. The summed E-state index contributed by atoms with van der Waals surface area (Å²) >= 11 is 6.28. The van der Waals surface area contributed by atoms with E-state index < -0.39 is 0 Å². The largest absolute Gasteiger partial charge is 0.487 e. The maximum absolute atomic E-state index is 6.28. The molecule has 1 rings (SSSR count). The molecule has 1 unspecified atom stereocenters. The Labute approximate surface area is 121 Å². The molecule has 0 amide bonds. The molecule has 0 spiro atoms. The summed E-state index contributed by atoms with van der Waals surface area (Å²) in [4.78, 5) is 0. The molecule has 0 saturated heterocycles. The number of rotatable bonds is 6. The van der Waals surface area contributed by atoms with Crippen LogP contribution in [-0.4, -0.2) is 12.2 Å². The van der Waals surface area contributed by atoms with Crippen LogP contribution >= 0.6 is 11.6 Å². The highest BCUT2D eigenvalue weighted by molar-refractivity contribution is 6.31. The second-order valence-electron chi connectivity index (χ2n) is 5.17. The fraction of sp³-hybridized carbons (Fsp3) is 0.600. The summed E-state index contributed by atoms with van der Waals surface area (Å²) in [6.45, 7) is 9.93. The molecule has 0 bridgehead atoms. The van der Waals surface area contributed by atoms with Gasteiger partial charge in [-0.05, 0) is 45.7 Å². The van der Waals surface area contributed by atoms with Crippen LogP contribution < -0.4 is 15.2 Å². The van der Waals surface area contributed by atoms with Crippen LogP contribution in [0.5, 0.6) is 11.5 Å². The van der Waals surface area contributed by atoms with E-state index in [0.29, 0.717) is 16.5 Å². The Kier molecular flexibility index (Phi) is 5.95. The lowest BCUT2D eigenvalue weighted by Crippen LogP contribution is -2.13. The minimum absolute atomic E-state index is 0.0660. The van der Waals surface area contributed by atoms with Gasteiger partial charge in [-0.1, -0.05) is 18.5 Å². The molecular formula is C15H24ClNO2. The lowest BCUT2D eigenvalue weighted by molar-refractivity contribution is 0.198. The minimum atomic E-state index is -0.0879. The minimum Gasteiger partial charge on any atom is -0.487 e. The Balaban J connectivity index is 3.19. The molecule has 108 valence electrons. The molecule has 1 aromatic carbocycles. The van der Waals surface area contributed by atoms with E-state index in [0.717, 1.165) is 12.0 Å². The molecule has 0 aliphatic heterocycles. The van der Waals surface area contributed by atoms with Crippen molar-refractivity contribution in [3.63, 3.8) is 0 Å². The predicted octanol–water partition coefficient (Wildman–Crippen LogP) is 4.32. The zero-order chi connectivity index (χ0) is 14.6. The second kappa shape index (κ2) is 7.01. The van der Waals surface area contributed by atoms with Crippen molar-refractivity contribution < 1.29 is 9.47 Å². The van der Waals surface area contributed by atoms with Crippen molar-refractivity contribution in [2.45, 2.75) is 59.3 Å². The number of benzene rings is 1. The van der Waals surface area contributed by atoms with Gasteiger partial charge in [-0.2, -0.15) is 0 Å². The summed E-state index contributed by atoms with van der Waals surface area (Å²) in [6.07, 6.45) is 0.961. The average Bonchev–Trinajstić information content (AvgIpc) is 2.30. The number of nitrogens with two attached hydrogens (primary N) is 1. The summed E-state index contributed by atoms with van der Waals surface area (Å²) in [6, 6.07) is 3.60. The quantitative estimate of drug-likeness (QED) is 0.846. The Morgan fingerprint density at radius 3 is 1.95 bits per heavy atom. The highest BCUT2D eigenvalue weighted by Gasteiger charge is 2.16. The van der Waals surface area contributed by atoms with Gasteiger partial charge >= 0.3 is 0 Å². The molecule has 4 heteroatoms. The van der Waals surface area contributed by atoms with Crippen LogP contribution in [0.2, 0.25) is 5.02 Å². The van der Waals surface area contributed by atoms with Gasteiger partial charge in [0.2, 0.25) is 0 Å². The maximum atomic E-state index is 6.28. The molecule has 0 saturated carbocycles. The molecule has 0 aliphatic rings. The van der Waals surface area contributed by atoms with Crippen LogP contribution in [0.15, 0.2) is 12.1 Å². The molecule has 0 aromatic heterocycles. The first kappa shape index (κ1) is 16.1. The van der Waals surface area contributed by atoms with Crippen LogP contribution in [-0.2, 0) is 0 Å². The first-order valence-electron chi connectivity index (χ1n) is 6.77. The molecule has 0 aliphatic carbocycles. The Morgan fingerprint density at radius 1 is 1.05 bits per heavy atom. The van der Waals surface area contributed by atoms with E-state index in [1.807, 2.05) is 40.7 Å². The van der Waals surface area contributed by atoms with Gasteiger partial charge in [0.1, 0.15) is 0 Å². The van der Waals surface area contributed by atoms with Crippen molar-refractivity contribution >= 4 is 11.6 Å². The maximum Gasteiger partial charge on any atom is 0.163 e. The molecule has 3 nitrogen and oxygen atoms in total. The highest BCUT2D eigenvalue weighted by Crippen LogP contribution is 2.37. The summed E-state index contributed by atoms with van der Waals surface area (Å²) < 4.78 is 11.5. The van der Waals surface area contributed by atoms with E-state index in [1.54, 1.807) is 6.07 Å². The van der Waals surface area contributed by atoms with Crippen molar-refractivity contribution in [3.05, 3.63) is 22.7 Å². The smallest absolute Gasteiger partial charge is 0.163 e. The lowest BCUT2D eigenvalue weighted by Gasteiger charge is -2.20. The predicted molar refractivity (Wildman–Crippen MR) is 80.2 cm³/mol. The lowest BCUT2D eigenvalue weighted by atomic mass is 10.0. The van der Waals surface area contributed by atoms with Crippen molar-refractivity contribution in [2.24, 2.45) is 5.73 Å². The van der Waals surface area contributed by atoms with Crippen molar-refractivity contribution in [2.75, 3.05) is 0 Å². The van der Waals surface area contributed by atoms with Gasteiger partial charge in [-0.15, -0.1) is 0 Å². The first-order chi connectivity index (χ1) is 8.85. The van der Waals surface area contributed by atoms with Crippen LogP contribution in [0.1, 0.15) is 52.6 Å². The Bertz CT molecular complexity index is 419. The van der Waals surface area contributed by atoms with E-state index in [9.17, 15) is 0 Å². The van der Waals surface area contributed by atoms with E-state index in [-0.39, 0.29) is 18.2 Å².